The van der Waals surface area contributed by atoms with E-state index in [1.165, 1.54) is 64.2 Å². The van der Waals surface area contributed by atoms with E-state index in [2.05, 4.69) is 25.2 Å². The molecular formula is C18H33NO. The van der Waals surface area contributed by atoms with Crippen LogP contribution in [0.3, 0.4) is 0 Å². The maximum absolute atomic E-state index is 6.42. The first-order valence-corrected chi connectivity index (χ1v) is 8.88. The summed E-state index contributed by atoms with van der Waals surface area (Å²) < 4.78 is 6.42. The summed E-state index contributed by atoms with van der Waals surface area (Å²) in [7, 11) is 0. The zero-order valence-electron chi connectivity index (χ0n) is 13.5. The molecule has 1 fully saturated rings. The number of nitrogens with one attached hydrogen (secondary N) is 1. The van der Waals surface area contributed by atoms with Gasteiger partial charge in [-0.1, -0.05) is 44.3 Å². The van der Waals surface area contributed by atoms with Crippen molar-refractivity contribution >= 4 is 0 Å². The SMILES string of the molecule is CCNC(C1=CCCCC1)C1(OCC)CCCCCC1. The topological polar surface area (TPSA) is 21.3 Å². The van der Waals surface area contributed by atoms with E-state index in [-0.39, 0.29) is 5.60 Å². The highest BCUT2D eigenvalue weighted by molar-refractivity contribution is 5.20. The molecule has 1 unspecified atom stereocenters. The van der Waals surface area contributed by atoms with Crippen LogP contribution in [-0.2, 0) is 4.74 Å². The van der Waals surface area contributed by atoms with Gasteiger partial charge in [-0.3, -0.25) is 0 Å². The lowest BCUT2D eigenvalue weighted by atomic mass is 9.78. The van der Waals surface area contributed by atoms with Crippen molar-refractivity contribution in [2.24, 2.45) is 0 Å². The van der Waals surface area contributed by atoms with Gasteiger partial charge >= 0.3 is 0 Å². The Balaban J connectivity index is 2.22. The second-order valence-electron chi connectivity index (χ2n) is 6.43. The number of hydrogen-bond acceptors (Lipinski definition) is 2. The van der Waals surface area contributed by atoms with Gasteiger partial charge in [0.15, 0.2) is 0 Å². The van der Waals surface area contributed by atoms with Gasteiger partial charge in [0.05, 0.1) is 11.6 Å². The van der Waals surface area contributed by atoms with Crippen molar-refractivity contribution in [2.45, 2.75) is 89.7 Å². The van der Waals surface area contributed by atoms with Crippen LogP contribution in [0.1, 0.15) is 78.1 Å². The van der Waals surface area contributed by atoms with E-state index in [1.807, 2.05) is 0 Å². The maximum atomic E-state index is 6.42. The van der Waals surface area contributed by atoms with Gasteiger partial charge in [0.25, 0.3) is 0 Å². The standard InChI is InChI=1S/C18H33NO/c1-3-19-17(16-12-8-7-9-13-16)18(20-4-2)14-10-5-6-11-15-18/h12,17,19H,3-11,13-15H2,1-2H3. The molecule has 0 aromatic heterocycles. The summed E-state index contributed by atoms with van der Waals surface area (Å²) in [6.07, 6.45) is 15.6. The van der Waals surface area contributed by atoms with E-state index in [0.29, 0.717) is 6.04 Å². The Bertz CT molecular complexity index is 303. The van der Waals surface area contributed by atoms with Crippen molar-refractivity contribution < 1.29 is 4.74 Å². The van der Waals surface area contributed by atoms with E-state index < -0.39 is 0 Å². The molecule has 2 heteroatoms. The summed E-state index contributed by atoms with van der Waals surface area (Å²) in [6, 6.07) is 0.450. The third-order valence-electron chi connectivity index (χ3n) is 5.01. The lowest BCUT2D eigenvalue weighted by molar-refractivity contribution is -0.0691. The molecule has 116 valence electrons. The monoisotopic (exact) mass is 279 g/mol. The van der Waals surface area contributed by atoms with Crippen molar-refractivity contribution in [2.75, 3.05) is 13.2 Å². The normalized spacial score (nSPS) is 24.8. The van der Waals surface area contributed by atoms with Gasteiger partial charge in [0.2, 0.25) is 0 Å². The van der Waals surface area contributed by atoms with Gasteiger partial charge in [0, 0.05) is 6.61 Å². The minimum Gasteiger partial charge on any atom is -0.373 e. The number of allylic oxidation sites excluding steroid dienone is 1. The smallest absolute Gasteiger partial charge is 0.0872 e. The van der Waals surface area contributed by atoms with Crippen LogP contribution in [0.5, 0.6) is 0 Å². The average Bonchev–Trinajstić information content (AvgIpc) is 2.72. The van der Waals surface area contributed by atoms with Crippen LogP contribution in [0.15, 0.2) is 11.6 Å². The summed E-state index contributed by atoms with van der Waals surface area (Å²) in [5.41, 5.74) is 1.69. The second-order valence-corrected chi connectivity index (χ2v) is 6.43. The molecule has 1 saturated carbocycles. The summed E-state index contributed by atoms with van der Waals surface area (Å²) in [4.78, 5) is 0. The Labute approximate surface area is 125 Å². The van der Waals surface area contributed by atoms with Crippen molar-refractivity contribution in [3.05, 3.63) is 11.6 Å². The zero-order chi connectivity index (χ0) is 14.3. The van der Waals surface area contributed by atoms with Crippen LogP contribution in [0, 0.1) is 0 Å². The molecule has 2 aliphatic carbocycles. The molecule has 20 heavy (non-hydrogen) atoms. The van der Waals surface area contributed by atoms with Gasteiger partial charge in [-0.2, -0.15) is 0 Å². The van der Waals surface area contributed by atoms with Crippen LogP contribution in [0.25, 0.3) is 0 Å². The van der Waals surface area contributed by atoms with Gasteiger partial charge in [0.1, 0.15) is 0 Å². The Morgan fingerprint density at radius 3 is 2.40 bits per heavy atom. The van der Waals surface area contributed by atoms with E-state index in [1.54, 1.807) is 5.57 Å². The number of likely N-dealkylation sites (N-methyl/N-ethyl adjacent to an activating group) is 1. The third kappa shape index (κ3) is 3.85. The molecular weight excluding hydrogens is 246 g/mol. The zero-order valence-corrected chi connectivity index (χ0v) is 13.5. The van der Waals surface area contributed by atoms with Crippen molar-refractivity contribution in [3.8, 4) is 0 Å². The molecule has 0 amide bonds. The van der Waals surface area contributed by atoms with Crippen LogP contribution in [-0.4, -0.2) is 24.8 Å². The Morgan fingerprint density at radius 1 is 1.10 bits per heavy atom. The van der Waals surface area contributed by atoms with Crippen LogP contribution in [0.4, 0.5) is 0 Å². The highest BCUT2D eigenvalue weighted by Gasteiger charge is 2.41. The molecule has 2 nitrogen and oxygen atoms in total. The van der Waals surface area contributed by atoms with Gasteiger partial charge < -0.3 is 10.1 Å². The van der Waals surface area contributed by atoms with E-state index in [0.717, 1.165) is 13.2 Å². The first-order chi connectivity index (χ1) is 9.82. The fraction of sp³-hybridized carbons (Fsp3) is 0.889. The predicted molar refractivity (Wildman–Crippen MR) is 86.1 cm³/mol. The fourth-order valence-corrected chi connectivity index (χ4v) is 4.12. The van der Waals surface area contributed by atoms with Gasteiger partial charge in [-0.25, -0.2) is 0 Å². The average molecular weight is 279 g/mol. The molecule has 2 rings (SSSR count). The van der Waals surface area contributed by atoms with E-state index in [9.17, 15) is 0 Å². The second kappa shape index (κ2) is 8.19. The molecule has 1 N–H and O–H groups in total. The highest BCUT2D eigenvalue weighted by atomic mass is 16.5. The molecule has 0 bridgehead atoms. The number of hydrogen-bond donors (Lipinski definition) is 1. The van der Waals surface area contributed by atoms with Crippen molar-refractivity contribution in [1.29, 1.82) is 0 Å². The van der Waals surface area contributed by atoms with E-state index >= 15 is 0 Å². The molecule has 1 atom stereocenters. The summed E-state index contributed by atoms with van der Waals surface area (Å²) in [6.45, 7) is 6.27. The van der Waals surface area contributed by atoms with Crippen LogP contribution < -0.4 is 5.32 Å². The Kier molecular flexibility index (Phi) is 6.57. The largest absolute Gasteiger partial charge is 0.373 e. The van der Waals surface area contributed by atoms with Crippen molar-refractivity contribution in [3.63, 3.8) is 0 Å². The lowest BCUT2D eigenvalue weighted by Gasteiger charge is -2.42. The molecule has 0 aromatic rings. The number of rotatable bonds is 6. The maximum Gasteiger partial charge on any atom is 0.0872 e. The van der Waals surface area contributed by atoms with Crippen molar-refractivity contribution in [1.82, 2.24) is 5.32 Å². The molecule has 0 aliphatic heterocycles. The van der Waals surface area contributed by atoms with Gasteiger partial charge in [-0.05, 0) is 52.0 Å². The molecule has 0 saturated heterocycles. The third-order valence-corrected chi connectivity index (χ3v) is 5.01. The Morgan fingerprint density at radius 2 is 1.85 bits per heavy atom. The molecule has 2 aliphatic rings. The quantitative estimate of drug-likeness (QED) is 0.567. The van der Waals surface area contributed by atoms with Crippen LogP contribution in [0.2, 0.25) is 0 Å². The minimum atomic E-state index is 0.0600. The molecule has 0 aromatic carbocycles. The summed E-state index contributed by atoms with van der Waals surface area (Å²) in [5, 5.41) is 3.78. The number of ether oxygens (including phenoxy) is 1. The first-order valence-electron chi connectivity index (χ1n) is 8.88. The minimum absolute atomic E-state index is 0.0600. The lowest BCUT2D eigenvalue weighted by Crippen LogP contribution is -2.53. The first kappa shape index (κ1) is 16.0. The fourth-order valence-electron chi connectivity index (χ4n) is 4.12. The molecule has 0 spiro atoms. The highest BCUT2D eigenvalue weighted by Crippen LogP contribution is 2.38. The van der Waals surface area contributed by atoms with Crippen LogP contribution >= 0.6 is 0 Å². The molecule has 0 heterocycles. The van der Waals surface area contributed by atoms with E-state index in [4.69, 9.17) is 4.74 Å². The molecule has 0 radical (unpaired) electrons. The summed E-state index contributed by atoms with van der Waals surface area (Å²) >= 11 is 0. The van der Waals surface area contributed by atoms with Gasteiger partial charge in [-0.15, -0.1) is 0 Å². The summed E-state index contributed by atoms with van der Waals surface area (Å²) in [5.74, 6) is 0. The predicted octanol–water partition coefficient (Wildman–Crippen LogP) is 4.59. The Hall–Kier alpha value is -0.340.